The number of rotatable bonds is 10. The second-order valence-electron chi connectivity index (χ2n) is 10.3. The number of benzene rings is 2. The minimum absolute atomic E-state index is 0.0842. The molecule has 0 aliphatic carbocycles. The predicted molar refractivity (Wildman–Crippen MR) is 177 cm³/mol. The van der Waals surface area contributed by atoms with E-state index < -0.39 is 5.97 Å². The number of hydrogen-bond donors (Lipinski definition) is 3. The number of amides is 2. The number of ether oxygens (including phenoxy) is 1. The van der Waals surface area contributed by atoms with Crippen LogP contribution in [-0.2, 0) is 22.7 Å². The molecule has 4 N–H and O–H groups in total. The molecule has 44 heavy (non-hydrogen) atoms. The van der Waals surface area contributed by atoms with E-state index in [-0.39, 0.29) is 17.9 Å². The van der Waals surface area contributed by atoms with Crippen LogP contribution in [0, 0.1) is 11.7 Å². The van der Waals surface area contributed by atoms with E-state index in [1.165, 1.54) is 19.2 Å². The first kappa shape index (κ1) is 42.6. The van der Waals surface area contributed by atoms with Crippen molar-refractivity contribution in [3.63, 3.8) is 0 Å². The number of carbonyl (C=O) groups excluding carboxylic acids is 2. The van der Waals surface area contributed by atoms with Gasteiger partial charge < -0.3 is 35.5 Å². The number of hydrogen-bond acceptors (Lipinski definition) is 6. The lowest BCUT2D eigenvalue weighted by atomic mass is 10.0. The van der Waals surface area contributed by atoms with Crippen molar-refractivity contribution in [1.82, 2.24) is 15.1 Å². The number of aldehydes is 1. The van der Waals surface area contributed by atoms with Crippen LogP contribution in [0.15, 0.2) is 48.5 Å². The van der Waals surface area contributed by atoms with Gasteiger partial charge in [-0.3, -0.25) is 4.79 Å². The molecule has 1 fully saturated rings. The molecular formula is C34H57FN4O5. The first-order valence-electron chi connectivity index (χ1n) is 15.5. The maximum atomic E-state index is 13.3. The molecule has 2 amide bonds. The van der Waals surface area contributed by atoms with Crippen molar-refractivity contribution in [1.29, 1.82) is 0 Å². The highest BCUT2D eigenvalue weighted by molar-refractivity contribution is 5.74. The molecule has 0 unspecified atom stereocenters. The Bertz CT molecular complexity index is 992. The number of aliphatic carboxylic acids is 1. The Balaban J connectivity index is 0. The highest BCUT2D eigenvalue weighted by Crippen LogP contribution is 2.19. The van der Waals surface area contributed by atoms with Crippen LogP contribution >= 0.6 is 0 Å². The van der Waals surface area contributed by atoms with E-state index in [4.69, 9.17) is 14.6 Å². The minimum atomic E-state index is -0.833. The number of urea groups is 1. The summed E-state index contributed by atoms with van der Waals surface area (Å²) in [6.45, 7) is 14.8. The molecule has 0 atom stereocenters. The molecular weight excluding hydrogens is 563 g/mol. The molecule has 0 spiro atoms. The van der Waals surface area contributed by atoms with Crippen LogP contribution < -0.4 is 15.8 Å². The second-order valence-corrected chi connectivity index (χ2v) is 10.3. The zero-order chi connectivity index (χ0) is 33.9. The zero-order valence-electron chi connectivity index (χ0n) is 28.1. The summed E-state index contributed by atoms with van der Waals surface area (Å²) in [7, 11) is 3.61. The summed E-state index contributed by atoms with van der Waals surface area (Å²) in [5.74, 6) is 0.221. The fourth-order valence-corrected chi connectivity index (χ4v) is 3.82. The highest BCUT2D eigenvalue weighted by Gasteiger charge is 2.27. The number of halogens is 1. The van der Waals surface area contributed by atoms with E-state index in [1.807, 2.05) is 49.9 Å². The molecule has 3 rings (SSSR count). The number of nitrogens with two attached hydrogens (primary N) is 1. The van der Waals surface area contributed by atoms with Crippen molar-refractivity contribution < 1.29 is 28.6 Å². The third-order valence-electron chi connectivity index (χ3n) is 6.01. The average molecular weight is 621 g/mol. The van der Waals surface area contributed by atoms with Crippen LogP contribution in [0.2, 0.25) is 0 Å². The van der Waals surface area contributed by atoms with Crippen molar-refractivity contribution in [3.8, 4) is 5.75 Å². The fraction of sp³-hybridized carbons (Fsp3) is 0.559. The summed E-state index contributed by atoms with van der Waals surface area (Å²) in [6.07, 6.45) is 4.49. The molecule has 9 nitrogen and oxygen atoms in total. The first-order valence-corrected chi connectivity index (χ1v) is 15.5. The third-order valence-corrected chi connectivity index (χ3v) is 6.01. The number of nitrogens with one attached hydrogen (secondary N) is 1. The Morgan fingerprint density at radius 3 is 2.00 bits per heavy atom. The summed E-state index contributed by atoms with van der Waals surface area (Å²) in [5.41, 5.74) is 6.46. The van der Waals surface area contributed by atoms with Crippen molar-refractivity contribution in [2.24, 2.45) is 11.7 Å². The molecule has 1 saturated heterocycles. The standard InChI is InChI=1S/C25H34FN3O2.C4H8O.C2H4O2.C2H6.CH5N/c1-19(2)18-31-24-10-6-20(7-11-24)16-27-25(30)29(23-12-14-28(3)15-13-23)17-21-4-8-22(26)9-5-21;1-2-3-4-5;1-2(3)4;2*1-2/h4-11,19,23H,12-18H2,1-3H3,(H,27,30);4H,2-3H2,1H3;1H3,(H,3,4);1-2H3;2H2,1H3. The quantitative estimate of drug-likeness (QED) is 0.265. The maximum absolute atomic E-state index is 13.3. The average Bonchev–Trinajstić information content (AvgIpc) is 3.02. The number of piperidine rings is 1. The van der Waals surface area contributed by atoms with E-state index in [0.717, 1.165) is 62.4 Å². The van der Waals surface area contributed by atoms with Gasteiger partial charge in [-0.25, -0.2) is 9.18 Å². The van der Waals surface area contributed by atoms with Gasteiger partial charge >= 0.3 is 6.03 Å². The van der Waals surface area contributed by atoms with Crippen molar-refractivity contribution in [2.45, 2.75) is 86.4 Å². The molecule has 0 saturated carbocycles. The lowest BCUT2D eigenvalue weighted by Crippen LogP contribution is -2.49. The minimum Gasteiger partial charge on any atom is -0.493 e. The van der Waals surface area contributed by atoms with Crippen LogP contribution in [0.4, 0.5) is 9.18 Å². The predicted octanol–water partition coefficient (Wildman–Crippen LogP) is 6.34. The largest absolute Gasteiger partial charge is 0.493 e. The van der Waals surface area contributed by atoms with Gasteiger partial charge in [0.05, 0.1) is 6.61 Å². The van der Waals surface area contributed by atoms with Crippen LogP contribution in [0.25, 0.3) is 0 Å². The van der Waals surface area contributed by atoms with Gasteiger partial charge in [0.1, 0.15) is 17.9 Å². The summed E-state index contributed by atoms with van der Waals surface area (Å²) < 4.78 is 19.0. The number of carboxylic acid groups (broad SMARTS) is 1. The molecule has 2 aromatic rings. The highest BCUT2D eigenvalue weighted by atomic mass is 19.1. The number of nitrogens with zero attached hydrogens (tertiary/aromatic N) is 2. The fourth-order valence-electron chi connectivity index (χ4n) is 3.82. The van der Waals surface area contributed by atoms with Gasteiger partial charge in [-0.15, -0.1) is 0 Å². The number of unbranched alkanes of at least 4 members (excludes halogenated alkanes) is 1. The molecule has 1 aliphatic heterocycles. The molecule has 10 heteroatoms. The third kappa shape index (κ3) is 21.2. The van der Waals surface area contributed by atoms with Crippen LogP contribution in [0.5, 0.6) is 5.75 Å². The first-order chi connectivity index (χ1) is 21.0. The van der Waals surface area contributed by atoms with E-state index in [0.29, 0.717) is 32.0 Å². The van der Waals surface area contributed by atoms with Crippen molar-refractivity contribution in [3.05, 3.63) is 65.5 Å². The molecule has 0 bridgehead atoms. The molecule has 1 aliphatic rings. The lowest BCUT2D eigenvalue weighted by molar-refractivity contribution is -0.134. The van der Waals surface area contributed by atoms with E-state index in [2.05, 4.69) is 36.8 Å². The van der Waals surface area contributed by atoms with Gasteiger partial charge in [-0.05, 0) is 87.8 Å². The van der Waals surface area contributed by atoms with Gasteiger partial charge in [-0.1, -0.05) is 58.9 Å². The van der Waals surface area contributed by atoms with Crippen LogP contribution in [0.1, 0.15) is 78.4 Å². The molecule has 250 valence electrons. The molecule has 1 heterocycles. The Labute approximate surface area is 265 Å². The van der Waals surface area contributed by atoms with Crippen LogP contribution in [-0.4, -0.2) is 73.0 Å². The van der Waals surface area contributed by atoms with E-state index >= 15 is 0 Å². The summed E-state index contributed by atoms with van der Waals surface area (Å²) in [6, 6.07) is 14.3. The second kappa shape index (κ2) is 27.1. The molecule has 0 aromatic heterocycles. The number of likely N-dealkylation sites (tertiary alicyclic amines) is 1. The van der Waals surface area contributed by atoms with Gasteiger partial charge in [0.25, 0.3) is 5.97 Å². The van der Waals surface area contributed by atoms with Gasteiger partial charge in [0.15, 0.2) is 0 Å². The van der Waals surface area contributed by atoms with E-state index in [9.17, 15) is 14.0 Å². The van der Waals surface area contributed by atoms with Crippen molar-refractivity contribution >= 4 is 18.3 Å². The van der Waals surface area contributed by atoms with Gasteiger partial charge in [0, 0.05) is 32.5 Å². The number of carboxylic acids is 1. The van der Waals surface area contributed by atoms with Gasteiger partial charge in [0.2, 0.25) is 0 Å². The smallest absolute Gasteiger partial charge is 0.318 e. The SMILES string of the molecule is CC.CC(=O)O.CC(C)COc1ccc(CNC(=O)N(Cc2ccc(F)cc2)C2CCN(C)CC2)cc1.CCCC=O.CN. The normalized spacial score (nSPS) is 12.3. The Hall–Kier alpha value is -3.50. The van der Waals surface area contributed by atoms with E-state index in [1.54, 1.807) is 12.1 Å². The molecule has 2 aromatic carbocycles. The summed E-state index contributed by atoms with van der Waals surface area (Å²) in [4.78, 5) is 35.7. The summed E-state index contributed by atoms with van der Waals surface area (Å²) in [5, 5.41) is 10.5. The Morgan fingerprint density at radius 2 is 1.57 bits per heavy atom. The Kier molecular flexibility index (Phi) is 26.2. The monoisotopic (exact) mass is 620 g/mol. The zero-order valence-corrected chi connectivity index (χ0v) is 28.1. The topological polar surface area (TPSA) is 125 Å². The number of carbonyl (C=O) groups is 3. The molecule has 0 radical (unpaired) electrons. The van der Waals surface area contributed by atoms with Crippen molar-refractivity contribution in [2.75, 3.05) is 33.8 Å². The maximum Gasteiger partial charge on any atom is 0.318 e. The van der Waals surface area contributed by atoms with Gasteiger partial charge in [-0.2, -0.15) is 0 Å². The lowest BCUT2D eigenvalue weighted by Gasteiger charge is -2.37. The Morgan fingerprint density at radius 1 is 1.07 bits per heavy atom. The van der Waals surface area contributed by atoms with Crippen LogP contribution in [0.3, 0.4) is 0 Å². The summed E-state index contributed by atoms with van der Waals surface area (Å²) >= 11 is 0.